The summed E-state index contributed by atoms with van der Waals surface area (Å²) in [6, 6.07) is 4.50. The van der Waals surface area contributed by atoms with Gasteiger partial charge in [-0.15, -0.1) is 0 Å². The molecule has 138 valence electrons. The van der Waals surface area contributed by atoms with Crippen LogP contribution in [-0.2, 0) is 16.0 Å². The van der Waals surface area contributed by atoms with Crippen molar-refractivity contribution < 1.29 is 14.5 Å². The summed E-state index contributed by atoms with van der Waals surface area (Å²) in [7, 11) is 0. The molecule has 1 rings (SSSR count). The number of nitro groups is 1. The standard InChI is InChI=1S/C17H26N4O4/c1-5-13-8-9-14(10-15(13)21(24)25)19-17(23)16(22)18-11-12(4)20(6-2)7-3/h8-10,12H,5-7,11H2,1-4H3,(H,18,22)(H,19,23). The first-order valence-electron chi connectivity index (χ1n) is 8.44. The third kappa shape index (κ3) is 5.82. The van der Waals surface area contributed by atoms with Gasteiger partial charge in [-0.3, -0.25) is 24.6 Å². The number of nitrogens with one attached hydrogen (secondary N) is 2. The van der Waals surface area contributed by atoms with E-state index in [1.807, 2.05) is 27.7 Å². The summed E-state index contributed by atoms with van der Waals surface area (Å²) in [6.45, 7) is 9.90. The van der Waals surface area contributed by atoms with Crippen LogP contribution < -0.4 is 10.6 Å². The Morgan fingerprint density at radius 2 is 1.84 bits per heavy atom. The van der Waals surface area contributed by atoms with Crippen LogP contribution in [0, 0.1) is 10.1 Å². The SMILES string of the molecule is CCc1ccc(NC(=O)C(=O)NCC(C)N(CC)CC)cc1[N+](=O)[O-]. The molecule has 0 fully saturated rings. The molecule has 0 spiro atoms. The highest BCUT2D eigenvalue weighted by Gasteiger charge is 2.19. The molecule has 0 saturated carbocycles. The van der Waals surface area contributed by atoms with Crippen molar-refractivity contribution in [2.24, 2.45) is 0 Å². The highest BCUT2D eigenvalue weighted by atomic mass is 16.6. The summed E-state index contributed by atoms with van der Waals surface area (Å²) in [6.07, 6.45) is 0.508. The van der Waals surface area contributed by atoms with Crippen molar-refractivity contribution in [1.82, 2.24) is 10.2 Å². The zero-order valence-electron chi connectivity index (χ0n) is 15.2. The van der Waals surface area contributed by atoms with Gasteiger partial charge in [0.2, 0.25) is 0 Å². The first kappa shape index (κ1) is 20.6. The number of rotatable bonds is 8. The van der Waals surface area contributed by atoms with Gasteiger partial charge in [0.25, 0.3) is 5.69 Å². The number of nitrogens with zero attached hydrogens (tertiary/aromatic N) is 2. The van der Waals surface area contributed by atoms with E-state index in [0.29, 0.717) is 18.5 Å². The van der Waals surface area contributed by atoms with E-state index in [4.69, 9.17) is 0 Å². The van der Waals surface area contributed by atoms with Crippen molar-refractivity contribution in [2.75, 3.05) is 25.0 Å². The van der Waals surface area contributed by atoms with E-state index in [-0.39, 0.29) is 17.4 Å². The minimum absolute atomic E-state index is 0.0733. The number of hydrogen-bond donors (Lipinski definition) is 2. The summed E-state index contributed by atoms with van der Waals surface area (Å²) in [5.74, 6) is -1.61. The van der Waals surface area contributed by atoms with E-state index in [1.165, 1.54) is 6.07 Å². The first-order valence-corrected chi connectivity index (χ1v) is 8.44. The fourth-order valence-corrected chi connectivity index (χ4v) is 2.60. The molecular formula is C17H26N4O4. The van der Waals surface area contributed by atoms with E-state index in [9.17, 15) is 19.7 Å². The third-order valence-corrected chi connectivity index (χ3v) is 4.12. The first-order chi connectivity index (χ1) is 11.8. The van der Waals surface area contributed by atoms with Crippen LogP contribution in [0.1, 0.15) is 33.3 Å². The predicted octanol–water partition coefficient (Wildman–Crippen LogP) is 1.94. The number of hydrogen-bond acceptors (Lipinski definition) is 5. The highest BCUT2D eigenvalue weighted by Crippen LogP contribution is 2.23. The maximum Gasteiger partial charge on any atom is 0.313 e. The second-order valence-electron chi connectivity index (χ2n) is 5.69. The van der Waals surface area contributed by atoms with Gasteiger partial charge in [0.05, 0.1) is 4.92 Å². The molecular weight excluding hydrogens is 324 g/mol. The molecule has 2 N–H and O–H groups in total. The number of benzene rings is 1. The fourth-order valence-electron chi connectivity index (χ4n) is 2.60. The number of aryl methyl sites for hydroxylation is 1. The lowest BCUT2D eigenvalue weighted by atomic mass is 10.1. The van der Waals surface area contributed by atoms with Gasteiger partial charge in [-0.25, -0.2) is 0 Å². The molecule has 1 aromatic rings. The summed E-state index contributed by atoms with van der Waals surface area (Å²) < 4.78 is 0. The number of anilines is 1. The Morgan fingerprint density at radius 3 is 2.36 bits per heavy atom. The van der Waals surface area contributed by atoms with Gasteiger partial charge in [-0.1, -0.05) is 26.8 Å². The number of carbonyl (C=O) groups excluding carboxylic acids is 2. The van der Waals surface area contributed by atoms with Gasteiger partial charge in [-0.2, -0.15) is 0 Å². The topological polar surface area (TPSA) is 105 Å². The minimum atomic E-state index is -0.842. The molecule has 25 heavy (non-hydrogen) atoms. The van der Waals surface area contributed by atoms with Crippen LogP contribution in [0.2, 0.25) is 0 Å². The quantitative estimate of drug-likeness (QED) is 0.423. The van der Waals surface area contributed by atoms with Gasteiger partial charge in [-0.05, 0) is 32.5 Å². The van der Waals surface area contributed by atoms with Crippen LogP contribution in [0.25, 0.3) is 0 Å². The van der Waals surface area contributed by atoms with Crippen LogP contribution in [0.4, 0.5) is 11.4 Å². The summed E-state index contributed by atoms with van der Waals surface area (Å²) in [5.41, 5.74) is 0.720. The van der Waals surface area contributed by atoms with Crippen molar-refractivity contribution in [2.45, 2.75) is 40.2 Å². The normalized spacial score (nSPS) is 11.9. The molecule has 0 radical (unpaired) electrons. The van der Waals surface area contributed by atoms with Crippen LogP contribution >= 0.6 is 0 Å². The minimum Gasteiger partial charge on any atom is -0.346 e. The van der Waals surface area contributed by atoms with Crippen molar-refractivity contribution in [3.8, 4) is 0 Å². The molecule has 0 aliphatic heterocycles. The lowest BCUT2D eigenvalue weighted by Crippen LogP contribution is -2.44. The average Bonchev–Trinajstić information content (AvgIpc) is 2.60. The largest absolute Gasteiger partial charge is 0.346 e. The van der Waals surface area contributed by atoms with Crippen molar-refractivity contribution >= 4 is 23.2 Å². The molecule has 8 heteroatoms. The van der Waals surface area contributed by atoms with Gasteiger partial charge in [0.1, 0.15) is 0 Å². The van der Waals surface area contributed by atoms with Crippen LogP contribution in [0.3, 0.4) is 0 Å². The van der Waals surface area contributed by atoms with Gasteiger partial charge in [0.15, 0.2) is 0 Å². The molecule has 1 atom stereocenters. The summed E-state index contributed by atoms with van der Waals surface area (Å²) in [4.78, 5) is 36.6. The van der Waals surface area contributed by atoms with Crippen molar-refractivity contribution in [3.63, 3.8) is 0 Å². The van der Waals surface area contributed by atoms with Gasteiger partial charge >= 0.3 is 11.8 Å². The molecule has 0 aromatic heterocycles. The van der Waals surface area contributed by atoms with Gasteiger partial charge < -0.3 is 10.6 Å². The third-order valence-electron chi connectivity index (χ3n) is 4.12. The Morgan fingerprint density at radius 1 is 1.20 bits per heavy atom. The van der Waals surface area contributed by atoms with Crippen molar-refractivity contribution in [1.29, 1.82) is 0 Å². The number of likely N-dealkylation sites (N-methyl/N-ethyl adjacent to an activating group) is 1. The molecule has 0 bridgehead atoms. The lowest BCUT2D eigenvalue weighted by molar-refractivity contribution is -0.385. The Bertz CT molecular complexity index is 629. The molecule has 8 nitrogen and oxygen atoms in total. The summed E-state index contributed by atoms with van der Waals surface area (Å²) in [5, 5.41) is 16.0. The molecule has 0 aliphatic rings. The Hall–Kier alpha value is -2.48. The fraction of sp³-hybridized carbons (Fsp3) is 0.529. The highest BCUT2D eigenvalue weighted by molar-refractivity contribution is 6.39. The smallest absolute Gasteiger partial charge is 0.313 e. The van der Waals surface area contributed by atoms with E-state index < -0.39 is 16.7 Å². The van der Waals surface area contributed by atoms with E-state index >= 15 is 0 Å². The second kappa shape index (κ2) is 9.73. The number of amides is 2. The Kier molecular flexibility index (Phi) is 8.00. The molecule has 2 amide bonds. The predicted molar refractivity (Wildman–Crippen MR) is 96.5 cm³/mol. The van der Waals surface area contributed by atoms with E-state index in [0.717, 1.165) is 13.1 Å². The Balaban J connectivity index is 2.68. The van der Waals surface area contributed by atoms with E-state index in [1.54, 1.807) is 12.1 Å². The average molecular weight is 350 g/mol. The number of nitro benzene ring substituents is 1. The molecule has 0 saturated heterocycles. The molecule has 1 unspecified atom stereocenters. The zero-order chi connectivity index (χ0) is 19.0. The molecule has 1 aromatic carbocycles. The van der Waals surface area contributed by atoms with Crippen molar-refractivity contribution in [3.05, 3.63) is 33.9 Å². The zero-order valence-corrected chi connectivity index (χ0v) is 15.2. The number of carbonyl (C=O) groups is 2. The van der Waals surface area contributed by atoms with Crippen LogP contribution in [0.15, 0.2) is 18.2 Å². The maximum absolute atomic E-state index is 12.0. The second-order valence-corrected chi connectivity index (χ2v) is 5.69. The maximum atomic E-state index is 12.0. The Labute approximate surface area is 147 Å². The van der Waals surface area contributed by atoms with Crippen LogP contribution in [0.5, 0.6) is 0 Å². The summed E-state index contributed by atoms with van der Waals surface area (Å²) >= 11 is 0. The molecule has 0 aliphatic carbocycles. The van der Waals surface area contributed by atoms with Crippen LogP contribution in [-0.4, -0.2) is 47.3 Å². The van der Waals surface area contributed by atoms with Gasteiger partial charge in [0, 0.05) is 29.9 Å². The lowest BCUT2D eigenvalue weighted by Gasteiger charge is -2.26. The monoisotopic (exact) mass is 350 g/mol. The molecule has 0 heterocycles. The van der Waals surface area contributed by atoms with E-state index in [2.05, 4.69) is 15.5 Å².